The Morgan fingerprint density at radius 3 is 1.43 bits per heavy atom. The molecule has 44 heavy (non-hydrogen) atoms. The zero-order chi connectivity index (χ0) is 29.3. The average Bonchev–Trinajstić information content (AvgIpc) is 3.48. The van der Waals surface area contributed by atoms with Crippen molar-refractivity contribution in [2.45, 2.75) is 0 Å². The quantitative estimate of drug-likeness (QED) is 0.200. The maximum Gasteiger partial charge on any atom is 0.164 e. The molecule has 2 heterocycles. The molecule has 0 saturated carbocycles. The highest BCUT2D eigenvalue weighted by Gasteiger charge is 2.17. The Morgan fingerprint density at radius 2 is 0.818 bits per heavy atom. The molecule has 2 aromatic heterocycles. The van der Waals surface area contributed by atoms with E-state index in [1.807, 2.05) is 84.9 Å². The second-order valence-corrected chi connectivity index (χ2v) is 10.5. The minimum Gasteiger partial charge on any atom is -0.456 e. The molecule has 8 aromatic rings. The minimum atomic E-state index is 0.624. The number of nitrogens with zero attached hydrogens (tertiary/aromatic N) is 4. The van der Waals surface area contributed by atoms with Crippen molar-refractivity contribution in [1.29, 1.82) is 0 Å². The second kappa shape index (κ2) is 11.0. The van der Waals surface area contributed by atoms with E-state index >= 15 is 0 Å². The number of benzene rings is 6. The van der Waals surface area contributed by atoms with Gasteiger partial charge in [0.15, 0.2) is 17.5 Å². The van der Waals surface area contributed by atoms with Gasteiger partial charge in [-0.3, -0.25) is 0 Å². The van der Waals surface area contributed by atoms with Gasteiger partial charge in [-0.15, -0.1) is 0 Å². The van der Waals surface area contributed by atoms with Gasteiger partial charge in [-0.2, -0.15) is 0 Å². The van der Waals surface area contributed by atoms with Gasteiger partial charge < -0.3 is 9.32 Å². The summed E-state index contributed by atoms with van der Waals surface area (Å²) in [5.74, 6) is 1.91. The van der Waals surface area contributed by atoms with Gasteiger partial charge in [0.2, 0.25) is 0 Å². The molecular weight excluding hydrogens is 540 g/mol. The van der Waals surface area contributed by atoms with E-state index < -0.39 is 0 Å². The van der Waals surface area contributed by atoms with E-state index in [1.54, 1.807) is 0 Å². The molecule has 0 spiro atoms. The second-order valence-electron chi connectivity index (χ2n) is 10.5. The summed E-state index contributed by atoms with van der Waals surface area (Å²) in [5, 5.41) is 2.22. The van der Waals surface area contributed by atoms with Crippen LogP contribution in [0.15, 0.2) is 162 Å². The molecule has 0 saturated heterocycles. The number of para-hydroxylation sites is 2. The first kappa shape index (κ1) is 25.6. The number of aromatic nitrogens is 3. The van der Waals surface area contributed by atoms with Crippen molar-refractivity contribution in [1.82, 2.24) is 15.0 Å². The summed E-state index contributed by atoms with van der Waals surface area (Å²) in [4.78, 5) is 16.9. The number of rotatable bonds is 6. The van der Waals surface area contributed by atoms with Crippen LogP contribution in [0, 0.1) is 0 Å². The first-order valence-corrected chi connectivity index (χ1v) is 14.5. The Labute approximate surface area is 254 Å². The van der Waals surface area contributed by atoms with Crippen LogP contribution >= 0.6 is 0 Å². The predicted octanol–water partition coefficient (Wildman–Crippen LogP) is 10.2. The van der Waals surface area contributed by atoms with Gasteiger partial charge in [0, 0.05) is 50.6 Å². The lowest BCUT2D eigenvalue weighted by molar-refractivity contribution is 0.669. The van der Waals surface area contributed by atoms with Crippen LogP contribution in [-0.4, -0.2) is 15.0 Å². The Bertz CT molecular complexity index is 2150. The maximum absolute atomic E-state index is 6.24. The van der Waals surface area contributed by atoms with E-state index in [-0.39, 0.29) is 0 Å². The number of hydrogen-bond donors (Lipinski definition) is 0. The van der Waals surface area contributed by atoms with Gasteiger partial charge in [-0.05, 0) is 54.6 Å². The van der Waals surface area contributed by atoms with Crippen LogP contribution in [0.1, 0.15) is 0 Å². The van der Waals surface area contributed by atoms with E-state index in [9.17, 15) is 0 Å². The van der Waals surface area contributed by atoms with Crippen LogP contribution in [0.5, 0.6) is 0 Å². The topological polar surface area (TPSA) is 55.1 Å². The highest BCUT2D eigenvalue weighted by Crippen LogP contribution is 2.39. The Balaban J connectivity index is 1.22. The summed E-state index contributed by atoms with van der Waals surface area (Å²) in [6.07, 6.45) is 0. The monoisotopic (exact) mass is 566 g/mol. The van der Waals surface area contributed by atoms with E-state index in [4.69, 9.17) is 19.4 Å². The molecule has 8 rings (SSSR count). The fourth-order valence-corrected chi connectivity index (χ4v) is 5.58. The summed E-state index contributed by atoms with van der Waals surface area (Å²) in [5.41, 5.74) is 7.61. The highest BCUT2D eigenvalue weighted by molar-refractivity contribution is 6.06. The molecular formula is C39H26N4O. The molecule has 5 nitrogen and oxygen atoms in total. The average molecular weight is 567 g/mol. The first-order chi connectivity index (χ1) is 21.8. The van der Waals surface area contributed by atoms with Crippen LogP contribution in [0.2, 0.25) is 0 Å². The third-order valence-corrected chi connectivity index (χ3v) is 7.72. The molecule has 0 aliphatic rings. The van der Waals surface area contributed by atoms with Crippen LogP contribution in [0.25, 0.3) is 56.1 Å². The molecule has 0 unspecified atom stereocenters. The highest BCUT2D eigenvalue weighted by atomic mass is 16.3. The van der Waals surface area contributed by atoms with Crippen LogP contribution < -0.4 is 4.90 Å². The van der Waals surface area contributed by atoms with Crippen molar-refractivity contribution in [3.05, 3.63) is 158 Å². The minimum absolute atomic E-state index is 0.624. The van der Waals surface area contributed by atoms with Gasteiger partial charge in [0.05, 0.1) is 0 Å². The van der Waals surface area contributed by atoms with Crippen molar-refractivity contribution >= 4 is 39.0 Å². The molecule has 0 bridgehead atoms. The standard InChI is InChI=1S/C39H26N4O/c1-4-12-27(13-5-1)37-40-38(28-14-6-2-7-15-28)42-39(41-37)29-20-22-31(23-21-29)43(30-16-8-3-9-17-30)32-24-25-34-33-18-10-11-19-35(33)44-36(34)26-32/h1-26H. The van der Waals surface area contributed by atoms with Gasteiger partial charge in [0.25, 0.3) is 0 Å². The van der Waals surface area contributed by atoms with Crippen LogP contribution in [0.4, 0.5) is 17.1 Å². The fraction of sp³-hybridized carbons (Fsp3) is 0. The third kappa shape index (κ3) is 4.76. The summed E-state index contributed by atoms with van der Waals surface area (Å²) in [6.45, 7) is 0. The zero-order valence-electron chi connectivity index (χ0n) is 23.7. The smallest absolute Gasteiger partial charge is 0.164 e. The zero-order valence-corrected chi connectivity index (χ0v) is 23.7. The largest absolute Gasteiger partial charge is 0.456 e. The summed E-state index contributed by atoms with van der Waals surface area (Å²) < 4.78 is 6.24. The lowest BCUT2D eigenvalue weighted by atomic mass is 10.1. The van der Waals surface area contributed by atoms with Gasteiger partial charge >= 0.3 is 0 Å². The van der Waals surface area contributed by atoms with Crippen molar-refractivity contribution in [3.63, 3.8) is 0 Å². The molecule has 0 fully saturated rings. The summed E-state index contributed by atoms with van der Waals surface area (Å²) in [6, 6.07) is 53.3. The van der Waals surface area contributed by atoms with Gasteiger partial charge in [-0.1, -0.05) is 97.1 Å². The molecule has 208 valence electrons. The maximum atomic E-state index is 6.24. The fourth-order valence-electron chi connectivity index (χ4n) is 5.58. The molecule has 6 aromatic carbocycles. The first-order valence-electron chi connectivity index (χ1n) is 14.5. The Kier molecular flexibility index (Phi) is 6.39. The van der Waals surface area contributed by atoms with Crippen LogP contribution in [0.3, 0.4) is 0 Å². The van der Waals surface area contributed by atoms with Crippen LogP contribution in [-0.2, 0) is 0 Å². The van der Waals surface area contributed by atoms with Gasteiger partial charge in [0.1, 0.15) is 11.2 Å². The number of hydrogen-bond acceptors (Lipinski definition) is 5. The third-order valence-electron chi connectivity index (χ3n) is 7.72. The molecule has 0 amide bonds. The van der Waals surface area contributed by atoms with E-state index in [0.29, 0.717) is 17.5 Å². The summed E-state index contributed by atoms with van der Waals surface area (Å²) in [7, 11) is 0. The van der Waals surface area contributed by atoms with E-state index in [0.717, 1.165) is 55.7 Å². The SMILES string of the molecule is c1ccc(-c2nc(-c3ccccc3)nc(-c3ccc(N(c4ccccc4)c4ccc5c(c4)oc4ccccc45)cc3)n2)cc1. The van der Waals surface area contributed by atoms with Gasteiger partial charge in [-0.25, -0.2) is 15.0 Å². The van der Waals surface area contributed by atoms with Crippen molar-refractivity contribution in [2.75, 3.05) is 4.90 Å². The molecule has 0 radical (unpaired) electrons. The van der Waals surface area contributed by atoms with E-state index in [2.05, 4.69) is 77.7 Å². The predicted molar refractivity (Wildman–Crippen MR) is 178 cm³/mol. The van der Waals surface area contributed by atoms with Crippen molar-refractivity contribution in [2.24, 2.45) is 0 Å². The molecule has 0 atom stereocenters. The molecule has 0 aliphatic carbocycles. The molecule has 5 heteroatoms. The number of anilines is 3. The van der Waals surface area contributed by atoms with Crippen molar-refractivity contribution < 1.29 is 4.42 Å². The normalized spacial score (nSPS) is 11.2. The van der Waals surface area contributed by atoms with Crippen molar-refractivity contribution in [3.8, 4) is 34.2 Å². The molecule has 0 N–H and O–H groups in total. The lowest BCUT2D eigenvalue weighted by Gasteiger charge is -2.25. The summed E-state index contributed by atoms with van der Waals surface area (Å²) >= 11 is 0. The lowest BCUT2D eigenvalue weighted by Crippen LogP contribution is -2.09. The number of furan rings is 1. The Morgan fingerprint density at radius 1 is 0.364 bits per heavy atom. The van der Waals surface area contributed by atoms with E-state index in [1.165, 1.54) is 0 Å². The number of fused-ring (bicyclic) bond motifs is 3. The molecule has 0 aliphatic heterocycles. The Hall–Kier alpha value is -6.07.